The van der Waals surface area contributed by atoms with E-state index >= 15 is 0 Å². The number of hydrogen-bond donors (Lipinski definition) is 1. The second kappa shape index (κ2) is 8.42. The van der Waals surface area contributed by atoms with Crippen LogP contribution in [0.25, 0.3) is 0 Å². The van der Waals surface area contributed by atoms with Gasteiger partial charge in [0.05, 0.1) is 0 Å². The van der Waals surface area contributed by atoms with Gasteiger partial charge in [-0.05, 0) is 44.9 Å². The number of likely N-dealkylation sites (N-methyl/N-ethyl adjacent to an activating group) is 1. The van der Waals surface area contributed by atoms with Gasteiger partial charge in [0.2, 0.25) is 5.95 Å². The van der Waals surface area contributed by atoms with Crippen molar-refractivity contribution in [1.82, 2.24) is 9.97 Å². The predicted octanol–water partition coefficient (Wildman–Crippen LogP) is 2.41. The Labute approximate surface area is 153 Å². The van der Waals surface area contributed by atoms with Crippen molar-refractivity contribution in [3.05, 3.63) is 47.3 Å². The average molecular weight is 356 g/mol. The number of nitrogens with one attached hydrogen (secondary N) is 1. The lowest BCUT2D eigenvalue weighted by Gasteiger charge is -2.19. The fourth-order valence-corrected chi connectivity index (χ4v) is 2.64. The Bertz CT molecular complexity index is 770. The van der Waals surface area contributed by atoms with Gasteiger partial charge in [0, 0.05) is 25.1 Å². The van der Waals surface area contributed by atoms with E-state index in [-0.39, 0.29) is 12.5 Å². The molecule has 0 aliphatic heterocycles. The molecule has 1 amide bonds. The molecule has 0 radical (unpaired) electrons. The Balaban J connectivity index is 1.93. The first-order valence-electron chi connectivity index (χ1n) is 8.34. The van der Waals surface area contributed by atoms with E-state index in [1.165, 1.54) is 0 Å². The topological polar surface area (TPSA) is 84.4 Å². The molecule has 7 nitrogen and oxygen atoms in total. The molecule has 26 heavy (non-hydrogen) atoms. The van der Waals surface area contributed by atoms with Crippen LogP contribution in [-0.2, 0) is 14.3 Å². The third-order valence-electron chi connectivity index (χ3n) is 3.86. The van der Waals surface area contributed by atoms with Crippen molar-refractivity contribution in [3.8, 4) is 0 Å². The number of nitrogens with zero attached hydrogens (tertiary/aromatic N) is 3. The lowest BCUT2D eigenvalue weighted by molar-refractivity contribution is -0.151. The van der Waals surface area contributed by atoms with Gasteiger partial charge in [0.1, 0.15) is 6.54 Å². The quantitative estimate of drug-likeness (QED) is 0.800. The molecular weight excluding hydrogens is 332 g/mol. The first kappa shape index (κ1) is 19.4. The smallest absolute Gasteiger partial charge is 0.326 e. The zero-order valence-electron chi connectivity index (χ0n) is 15.7. The fourth-order valence-electron chi connectivity index (χ4n) is 2.64. The van der Waals surface area contributed by atoms with Gasteiger partial charge in [0.15, 0.2) is 6.10 Å². The minimum atomic E-state index is -0.910. The maximum Gasteiger partial charge on any atom is 0.326 e. The molecule has 1 heterocycles. The Morgan fingerprint density at radius 1 is 1.15 bits per heavy atom. The molecule has 0 fully saturated rings. The van der Waals surface area contributed by atoms with Gasteiger partial charge in [-0.3, -0.25) is 9.59 Å². The number of hydrogen-bond acceptors (Lipinski definition) is 6. The molecule has 0 bridgehead atoms. The van der Waals surface area contributed by atoms with Gasteiger partial charge >= 0.3 is 5.97 Å². The van der Waals surface area contributed by atoms with Gasteiger partial charge in [0.25, 0.3) is 5.91 Å². The van der Waals surface area contributed by atoms with Gasteiger partial charge in [-0.25, -0.2) is 9.97 Å². The predicted molar refractivity (Wildman–Crippen MR) is 100 cm³/mol. The number of benzene rings is 1. The summed E-state index contributed by atoms with van der Waals surface area (Å²) in [6.07, 6.45) is 2.27. The number of aryl methyl sites for hydroxylation is 3. The summed E-state index contributed by atoms with van der Waals surface area (Å²) < 4.78 is 5.23. The highest BCUT2D eigenvalue weighted by Gasteiger charge is 2.20. The molecule has 0 spiro atoms. The molecule has 0 saturated carbocycles. The summed E-state index contributed by atoms with van der Waals surface area (Å²) in [5.41, 5.74) is 3.81. The number of ether oxygens (including phenoxy) is 1. The van der Waals surface area contributed by atoms with E-state index in [4.69, 9.17) is 4.74 Å². The second-order valence-electron chi connectivity index (χ2n) is 6.30. The number of esters is 1. The summed E-state index contributed by atoms with van der Waals surface area (Å²) in [5.74, 6) is -0.487. The van der Waals surface area contributed by atoms with Crippen LogP contribution in [0.2, 0.25) is 0 Å². The molecule has 0 aliphatic carbocycles. The zero-order valence-corrected chi connectivity index (χ0v) is 15.7. The normalized spacial score (nSPS) is 11.6. The highest BCUT2D eigenvalue weighted by molar-refractivity contribution is 5.96. The number of rotatable bonds is 6. The molecular formula is C19H24N4O3. The lowest BCUT2D eigenvalue weighted by atomic mass is 10.0. The second-order valence-corrected chi connectivity index (χ2v) is 6.30. The minimum absolute atomic E-state index is 0.0514. The Morgan fingerprint density at radius 3 is 2.31 bits per heavy atom. The molecule has 1 aromatic heterocycles. The summed E-state index contributed by atoms with van der Waals surface area (Å²) in [6.45, 7) is 7.36. The summed E-state index contributed by atoms with van der Waals surface area (Å²) in [5, 5.41) is 2.84. The van der Waals surface area contributed by atoms with Crippen molar-refractivity contribution in [2.75, 3.05) is 23.8 Å². The van der Waals surface area contributed by atoms with Crippen LogP contribution in [-0.4, -0.2) is 41.5 Å². The van der Waals surface area contributed by atoms with E-state index in [0.29, 0.717) is 5.95 Å². The van der Waals surface area contributed by atoms with Crippen LogP contribution in [0.5, 0.6) is 0 Å². The molecule has 1 N–H and O–H groups in total. The van der Waals surface area contributed by atoms with Crippen LogP contribution < -0.4 is 10.2 Å². The molecule has 2 aromatic rings. The fraction of sp³-hybridized carbons (Fsp3) is 0.368. The highest BCUT2D eigenvalue weighted by atomic mass is 16.5. The van der Waals surface area contributed by atoms with Gasteiger partial charge in [-0.1, -0.05) is 17.7 Å². The van der Waals surface area contributed by atoms with Gasteiger partial charge in [-0.15, -0.1) is 0 Å². The lowest BCUT2D eigenvalue weighted by Crippen LogP contribution is -2.35. The molecule has 2 rings (SSSR count). The maximum atomic E-state index is 12.4. The number of anilines is 2. The summed E-state index contributed by atoms with van der Waals surface area (Å²) in [6, 6.07) is 5.68. The molecule has 138 valence electrons. The highest BCUT2D eigenvalue weighted by Crippen LogP contribution is 2.22. The van der Waals surface area contributed by atoms with E-state index in [1.54, 1.807) is 37.3 Å². The van der Waals surface area contributed by atoms with Crippen LogP contribution in [0.4, 0.5) is 11.6 Å². The van der Waals surface area contributed by atoms with Crippen molar-refractivity contribution in [2.45, 2.75) is 33.8 Å². The summed E-state index contributed by atoms with van der Waals surface area (Å²) in [4.78, 5) is 34.1. The number of aromatic nitrogens is 2. The Morgan fingerprint density at radius 2 is 1.73 bits per heavy atom. The number of amides is 1. The molecule has 1 aromatic carbocycles. The third kappa shape index (κ3) is 5.02. The Hall–Kier alpha value is -2.96. The largest absolute Gasteiger partial charge is 0.451 e. The molecule has 0 saturated heterocycles. The van der Waals surface area contributed by atoms with Crippen molar-refractivity contribution < 1.29 is 14.3 Å². The zero-order chi connectivity index (χ0) is 19.3. The van der Waals surface area contributed by atoms with E-state index in [2.05, 4.69) is 15.3 Å². The van der Waals surface area contributed by atoms with Gasteiger partial charge in [-0.2, -0.15) is 0 Å². The maximum absolute atomic E-state index is 12.4. The van der Waals surface area contributed by atoms with E-state index in [9.17, 15) is 9.59 Å². The van der Waals surface area contributed by atoms with Crippen molar-refractivity contribution in [2.24, 2.45) is 0 Å². The minimum Gasteiger partial charge on any atom is -0.451 e. The van der Waals surface area contributed by atoms with E-state index < -0.39 is 12.1 Å². The van der Waals surface area contributed by atoms with Crippen molar-refractivity contribution >= 4 is 23.5 Å². The molecule has 0 aliphatic rings. The summed E-state index contributed by atoms with van der Waals surface area (Å²) >= 11 is 0. The molecule has 1 unspecified atom stereocenters. The van der Waals surface area contributed by atoms with Crippen molar-refractivity contribution in [3.63, 3.8) is 0 Å². The van der Waals surface area contributed by atoms with Crippen LogP contribution in [0, 0.1) is 20.8 Å². The number of carbonyl (C=O) groups is 2. The summed E-state index contributed by atoms with van der Waals surface area (Å²) in [7, 11) is 1.68. The van der Waals surface area contributed by atoms with Crippen LogP contribution in [0.15, 0.2) is 30.6 Å². The van der Waals surface area contributed by atoms with Crippen LogP contribution in [0.1, 0.15) is 23.6 Å². The van der Waals surface area contributed by atoms with E-state index in [1.807, 2.05) is 32.9 Å². The molecule has 7 heteroatoms. The average Bonchev–Trinajstić information content (AvgIpc) is 2.58. The first-order valence-corrected chi connectivity index (χ1v) is 8.34. The van der Waals surface area contributed by atoms with Crippen molar-refractivity contribution in [1.29, 1.82) is 0 Å². The standard InChI is InChI=1S/C19H24N4O3/c1-12-9-13(2)17(14(3)10-12)22-18(25)15(4)26-16(24)11-23(5)19-20-7-6-8-21-19/h6-10,15H,11H2,1-5H3,(H,22,25). The SMILES string of the molecule is Cc1cc(C)c(NC(=O)C(C)OC(=O)CN(C)c2ncccn2)c(C)c1. The number of carbonyl (C=O) groups excluding carboxylic acids is 2. The van der Waals surface area contributed by atoms with E-state index in [0.717, 1.165) is 22.4 Å². The molecule has 1 atom stereocenters. The first-order chi connectivity index (χ1) is 12.3. The van der Waals surface area contributed by atoms with Crippen LogP contribution >= 0.6 is 0 Å². The third-order valence-corrected chi connectivity index (χ3v) is 3.86. The monoisotopic (exact) mass is 356 g/mol. The Kier molecular flexibility index (Phi) is 6.27. The van der Waals surface area contributed by atoms with Gasteiger partial charge < -0.3 is 15.0 Å². The van der Waals surface area contributed by atoms with Crippen LogP contribution in [0.3, 0.4) is 0 Å².